The Kier molecular flexibility index (Phi) is 2.89. The Morgan fingerprint density at radius 3 is 2.56 bits per heavy atom. The maximum absolute atomic E-state index is 9.28. The van der Waals surface area contributed by atoms with Crippen molar-refractivity contribution in [2.75, 3.05) is 0 Å². The summed E-state index contributed by atoms with van der Waals surface area (Å²) in [6.07, 6.45) is 3.19. The van der Waals surface area contributed by atoms with E-state index < -0.39 is 13.4 Å². The van der Waals surface area contributed by atoms with Crippen molar-refractivity contribution in [2.24, 2.45) is 0 Å². The Hall–Kier alpha value is -0.960. The number of benzene rings is 2. The van der Waals surface area contributed by atoms with Crippen LogP contribution in [0.5, 0.6) is 0 Å². The molecule has 2 aromatic carbocycles. The molecule has 2 N–H and O–H groups in total. The SMILES string of the molecule is O[PH](O)(Cl)OC1C=Cc2cccc3cccc1c23. The first kappa shape index (κ1) is 12.1. The van der Waals surface area contributed by atoms with Crippen LogP contribution in [0.1, 0.15) is 17.2 Å². The van der Waals surface area contributed by atoms with E-state index in [9.17, 15) is 9.79 Å². The molecule has 3 rings (SSSR count). The first-order valence-corrected chi connectivity index (χ1v) is 8.37. The maximum atomic E-state index is 9.28. The molecule has 18 heavy (non-hydrogen) atoms. The molecule has 0 aliphatic heterocycles. The number of halogens is 1. The average Bonchev–Trinajstić information content (AvgIpc) is 2.32. The van der Waals surface area contributed by atoms with E-state index >= 15 is 0 Å². The van der Waals surface area contributed by atoms with Crippen molar-refractivity contribution in [3.05, 3.63) is 53.6 Å². The van der Waals surface area contributed by atoms with Gasteiger partial charge in [0.2, 0.25) is 0 Å². The molecule has 0 bridgehead atoms. The average molecular weight is 283 g/mol. The van der Waals surface area contributed by atoms with Crippen LogP contribution in [0.3, 0.4) is 0 Å². The van der Waals surface area contributed by atoms with E-state index in [1.807, 2.05) is 42.5 Å². The van der Waals surface area contributed by atoms with Crippen molar-refractivity contribution in [3.8, 4) is 0 Å². The Morgan fingerprint density at radius 1 is 1.11 bits per heavy atom. The predicted molar refractivity (Wildman–Crippen MR) is 75.4 cm³/mol. The molecule has 0 aromatic heterocycles. The normalized spacial score (nSPS) is 19.2. The molecule has 3 nitrogen and oxygen atoms in total. The molecule has 0 spiro atoms. The van der Waals surface area contributed by atoms with Gasteiger partial charge in [-0.05, 0) is 0 Å². The third-order valence-electron chi connectivity index (χ3n) is 3.00. The van der Waals surface area contributed by atoms with E-state index in [-0.39, 0.29) is 0 Å². The second-order valence-corrected chi connectivity index (χ2v) is 6.99. The molecule has 1 aliphatic rings. The molecular weight excluding hydrogens is 271 g/mol. The van der Waals surface area contributed by atoms with Crippen LogP contribution in [-0.4, -0.2) is 9.79 Å². The third kappa shape index (κ3) is 2.16. The van der Waals surface area contributed by atoms with Gasteiger partial charge in [-0.15, -0.1) is 0 Å². The van der Waals surface area contributed by atoms with E-state index in [4.69, 9.17) is 15.8 Å². The first-order valence-electron chi connectivity index (χ1n) is 5.56. The monoisotopic (exact) mass is 282 g/mol. The van der Waals surface area contributed by atoms with Gasteiger partial charge in [-0.2, -0.15) is 0 Å². The predicted octanol–water partition coefficient (Wildman–Crippen LogP) is 3.56. The van der Waals surface area contributed by atoms with Crippen molar-refractivity contribution in [2.45, 2.75) is 6.10 Å². The van der Waals surface area contributed by atoms with Crippen LogP contribution in [-0.2, 0) is 4.52 Å². The summed E-state index contributed by atoms with van der Waals surface area (Å²) in [4.78, 5) is 18.6. The summed E-state index contributed by atoms with van der Waals surface area (Å²) < 4.78 is 5.15. The molecule has 2 aromatic rings. The van der Waals surface area contributed by atoms with E-state index in [0.29, 0.717) is 0 Å². The summed E-state index contributed by atoms with van der Waals surface area (Å²) in [5.41, 5.74) is 2.01. The van der Waals surface area contributed by atoms with Crippen LogP contribution < -0.4 is 0 Å². The van der Waals surface area contributed by atoms with Gasteiger partial charge in [-0.1, -0.05) is 0 Å². The van der Waals surface area contributed by atoms with Crippen LogP contribution in [0.15, 0.2) is 42.5 Å². The molecule has 1 aliphatic carbocycles. The zero-order valence-corrected chi connectivity index (χ0v) is 11.1. The Morgan fingerprint density at radius 2 is 1.83 bits per heavy atom. The minimum atomic E-state index is -4.06. The van der Waals surface area contributed by atoms with Crippen LogP contribution in [0.25, 0.3) is 16.8 Å². The standard InChI is InChI=1S/C13H12ClO3P/c14-18(15,16)17-12-8-7-10-4-1-3-9-5-2-6-11(12)13(9)10/h1-8,12,15-16,18H. The van der Waals surface area contributed by atoms with Crippen molar-refractivity contribution >= 4 is 35.4 Å². The van der Waals surface area contributed by atoms with Gasteiger partial charge in [0.25, 0.3) is 0 Å². The van der Waals surface area contributed by atoms with Gasteiger partial charge in [0.15, 0.2) is 0 Å². The second kappa shape index (κ2) is 4.30. The molecular formula is C13H12ClO3P. The van der Waals surface area contributed by atoms with Crippen molar-refractivity contribution in [1.29, 1.82) is 0 Å². The quantitative estimate of drug-likeness (QED) is 0.828. The summed E-state index contributed by atoms with van der Waals surface area (Å²) >= 11 is 5.42. The van der Waals surface area contributed by atoms with Crippen molar-refractivity contribution < 1.29 is 14.3 Å². The van der Waals surface area contributed by atoms with Crippen LogP contribution in [0, 0.1) is 0 Å². The molecule has 0 fully saturated rings. The van der Waals surface area contributed by atoms with Gasteiger partial charge in [-0.3, -0.25) is 0 Å². The molecule has 0 heterocycles. The Bertz CT molecular complexity index is 628. The van der Waals surface area contributed by atoms with Gasteiger partial charge in [0, 0.05) is 0 Å². The van der Waals surface area contributed by atoms with E-state index in [0.717, 1.165) is 21.9 Å². The summed E-state index contributed by atoms with van der Waals surface area (Å²) in [5, 5.41) is 2.17. The van der Waals surface area contributed by atoms with Gasteiger partial charge in [-0.25, -0.2) is 0 Å². The molecule has 0 saturated carbocycles. The summed E-state index contributed by atoms with van der Waals surface area (Å²) in [7, 11) is -4.06. The van der Waals surface area contributed by atoms with Crippen LogP contribution >= 0.6 is 18.5 Å². The molecule has 0 saturated heterocycles. The van der Waals surface area contributed by atoms with Crippen LogP contribution in [0.2, 0.25) is 0 Å². The summed E-state index contributed by atoms with van der Waals surface area (Å²) in [6, 6.07) is 11.9. The number of hydrogen-bond donors (Lipinski definition) is 2. The number of rotatable bonds is 2. The van der Waals surface area contributed by atoms with Gasteiger partial charge >= 0.3 is 109 Å². The summed E-state index contributed by atoms with van der Waals surface area (Å²) in [6.45, 7) is 0. The zero-order valence-electron chi connectivity index (χ0n) is 9.38. The number of hydrogen-bond acceptors (Lipinski definition) is 3. The van der Waals surface area contributed by atoms with Gasteiger partial charge in [0.1, 0.15) is 0 Å². The van der Waals surface area contributed by atoms with E-state index in [2.05, 4.69) is 0 Å². The van der Waals surface area contributed by atoms with Gasteiger partial charge < -0.3 is 0 Å². The fraction of sp³-hybridized carbons (Fsp3) is 0.0769. The molecule has 94 valence electrons. The minimum absolute atomic E-state index is 0.511. The molecule has 0 amide bonds. The molecule has 1 atom stereocenters. The third-order valence-corrected chi connectivity index (χ3v) is 3.82. The van der Waals surface area contributed by atoms with Crippen molar-refractivity contribution in [3.63, 3.8) is 0 Å². The Labute approximate surface area is 110 Å². The van der Waals surface area contributed by atoms with Crippen molar-refractivity contribution in [1.82, 2.24) is 0 Å². The van der Waals surface area contributed by atoms with Gasteiger partial charge in [0.05, 0.1) is 0 Å². The van der Waals surface area contributed by atoms with E-state index in [1.165, 1.54) is 0 Å². The summed E-state index contributed by atoms with van der Waals surface area (Å²) in [5.74, 6) is 0. The van der Waals surface area contributed by atoms with E-state index in [1.54, 1.807) is 6.08 Å². The topological polar surface area (TPSA) is 49.7 Å². The first-order chi connectivity index (χ1) is 8.54. The Balaban J connectivity index is 2.16. The fourth-order valence-corrected chi connectivity index (χ4v) is 3.15. The zero-order chi connectivity index (χ0) is 12.8. The second-order valence-electron chi connectivity index (χ2n) is 4.22. The fourth-order valence-electron chi connectivity index (χ4n) is 2.33. The molecule has 0 radical (unpaired) electrons. The molecule has 5 heteroatoms. The molecule has 1 unspecified atom stereocenters. The van der Waals surface area contributed by atoms with Crippen LogP contribution in [0.4, 0.5) is 0 Å².